The van der Waals surface area contributed by atoms with Gasteiger partial charge in [-0.1, -0.05) is 11.6 Å². The summed E-state index contributed by atoms with van der Waals surface area (Å²) in [5.74, 6) is -1.86. The third-order valence-electron chi connectivity index (χ3n) is 2.55. The van der Waals surface area contributed by atoms with Gasteiger partial charge in [0.25, 0.3) is 5.91 Å². The quantitative estimate of drug-likeness (QED) is 0.634. The summed E-state index contributed by atoms with van der Waals surface area (Å²) in [7, 11) is 1.29. The summed E-state index contributed by atoms with van der Waals surface area (Å²) < 4.78 is 42.3. The summed E-state index contributed by atoms with van der Waals surface area (Å²) in [4.78, 5) is 33.4. The van der Waals surface area contributed by atoms with Gasteiger partial charge in [0.05, 0.1) is 5.56 Å². The number of esters is 1. The number of nitrogens with one attached hydrogen (secondary N) is 2. The van der Waals surface area contributed by atoms with E-state index >= 15 is 0 Å². The molecule has 0 fully saturated rings. The topological polar surface area (TPSA) is 84.5 Å². The lowest BCUT2D eigenvalue weighted by Gasteiger charge is -2.08. The number of hydrogen-bond acceptors (Lipinski definition) is 4. The molecule has 0 saturated carbocycles. The van der Waals surface area contributed by atoms with Gasteiger partial charge in [-0.15, -0.1) is 0 Å². The third-order valence-corrected chi connectivity index (χ3v) is 2.89. The van der Waals surface area contributed by atoms with Crippen molar-refractivity contribution >= 4 is 35.6 Å². The number of imide groups is 1. The molecule has 1 rings (SSSR count). The van der Waals surface area contributed by atoms with E-state index in [9.17, 15) is 27.6 Å². The number of ether oxygens (including phenoxy) is 1. The van der Waals surface area contributed by atoms with E-state index in [1.54, 1.807) is 0 Å². The maximum absolute atomic E-state index is 12.6. The van der Waals surface area contributed by atoms with Crippen molar-refractivity contribution in [1.82, 2.24) is 10.6 Å². The minimum Gasteiger partial charge on any atom is -0.452 e. The van der Waals surface area contributed by atoms with Crippen LogP contribution in [-0.2, 0) is 20.5 Å². The normalized spacial score (nSPS) is 11.2. The van der Waals surface area contributed by atoms with Crippen LogP contribution in [0, 0.1) is 0 Å². The summed E-state index contributed by atoms with van der Waals surface area (Å²) in [6.45, 7) is -0.729. The van der Waals surface area contributed by atoms with Crippen LogP contribution in [-0.4, -0.2) is 31.6 Å². The molecule has 1 aromatic rings. The highest BCUT2D eigenvalue weighted by Gasteiger charge is 2.30. The molecule has 130 valence electrons. The fourth-order valence-corrected chi connectivity index (χ4v) is 1.60. The number of amides is 3. The zero-order valence-electron chi connectivity index (χ0n) is 12.2. The van der Waals surface area contributed by atoms with E-state index in [1.807, 2.05) is 5.32 Å². The van der Waals surface area contributed by atoms with Gasteiger partial charge < -0.3 is 10.1 Å². The van der Waals surface area contributed by atoms with Crippen molar-refractivity contribution in [3.63, 3.8) is 0 Å². The van der Waals surface area contributed by atoms with E-state index in [-0.39, 0.29) is 10.6 Å². The van der Waals surface area contributed by atoms with Crippen molar-refractivity contribution in [2.24, 2.45) is 0 Å². The Morgan fingerprint density at radius 1 is 1.29 bits per heavy atom. The lowest BCUT2D eigenvalue weighted by atomic mass is 10.1. The first kappa shape index (κ1) is 19.5. The smallest absolute Gasteiger partial charge is 0.416 e. The molecule has 2 N–H and O–H groups in total. The number of hydrogen-bond donors (Lipinski definition) is 2. The molecule has 0 radical (unpaired) electrons. The van der Waals surface area contributed by atoms with Crippen LogP contribution in [0.4, 0.5) is 18.0 Å². The second-order valence-corrected chi connectivity index (χ2v) is 4.71. The Morgan fingerprint density at radius 2 is 1.96 bits per heavy atom. The molecule has 0 bridgehead atoms. The summed E-state index contributed by atoms with van der Waals surface area (Å²) in [5, 5.41) is 3.98. The Hall–Kier alpha value is -2.55. The molecule has 0 spiro atoms. The van der Waals surface area contributed by atoms with Gasteiger partial charge in [0.15, 0.2) is 6.61 Å². The zero-order valence-corrected chi connectivity index (χ0v) is 13.0. The van der Waals surface area contributed by atoms with Crippen molar-refractivity contribution in [3.8, 4) is 0 Å². The molecule has 0 aliphatic heterocycles. The standard InChI is InChI=1S/C14H12ClF3N2O4/c1-19-13(23)20-11(21)7-24-12(22)5-2-8-6-9(14(16,17)18)3-4-10(8)15/h2-6H,7H2,1H3,(H2,19,20,21,23)/b5-2+. The number of alkyl halides is 3. The van der Waals surface area contributed by atoms with Crippen LogP contribution in [0.2, 0.25) is 5.02 Å². The average molecular weight is 365 g/mol. The molecule has 0 aliphatic carbocycles. The molecule has 0 heterocycles. The molecular weight excluding hydrogens is 353 g/mol. The van der Waals surface area contributed by atoms with Crippen LogP contribution in [0.25, 0.3) is 6.08 Å². The Balaban J connectivity index is 2.67. The van der Waals surface area contributed by atoms with E-state index in [0.29, 0.717) is 0 Å². The number of halogens is 4. The van der Waals surface area contributed by atoms with Crippen LogP contribution < -0.4 is 10.6 Å². The first-order valence-electron chi connectivity index (χ1n) is 6.36. The van der Waals surface area contributed by atoms with Crippen molar-refractivity contribution in [3.05, 3.63) is 40.4 Å². The Bertz CT molecular complexity index is 674. The molecule has 1 aromatic carbocycles. The van der Waals surface area contributed by atoms with Crippen LogP contribution in [0.1, 0.15) is 11.1 Å². The summed E-state index contributed by atoms with van der Waals surface area (Å²) in [6, 6.07) is 1.85. The SMILES string of the molecule is CNC(=O)NC(=O)COC(=O)/C=C/c1cc(C(F)(F)F)ccc1Cl. The van der Waals surface area contributed by atoms with Gasteiger partial charge >= 0.3 is 18.2 Å². The molecule has 10 heteroatoms. The highest BCUT2D eigenvalue weighted by Crippen LogP contribution is 2.32. The van der Waals surface area contributed by atoms with Crippen molar-refractivity contribution in [1.29, 1.82) is 0 Å². The van der Waals surface area contributed by atoms with Gasteiger partial charge in [-0.2, -0.15) is 13.2 Å². The van der Waals surface area contributed by atoms with E-state index in [4.69, 9.17) is 11.6 Å². The van der Waals surface area contributed by atoms with Crippen LogP contribution in [0.5, 0.6) is 0 Å². The molecule has 24 heavy (non-hydrogen) atoms. The molecule has 0 aliphatic rings. The summed E-state index contributed by atoms with van der Waals surface area (Å²) in [5.41, 5.74) is -0.969. The monoisotopic (exact) mass is 364 g/mol. The molecular formula is C14H12ClF3N2O4. The second-order valence-electron chi connectivity index (χ2n) is 4.30. The Morgan fingerprint density at radius 3 is 2.54 bits per heavy atom. The second kappa shape index (κ2) is 8.34. The molecule has 0 aromatic heterocycles. The van der Waals surface area contributed by atoms with E-state index < -0.39 is 36.3 Å². The largest absolute Gasteiger partial charge is 0.452 e. The van der Waals surface area contributed by atoms with Crippen molar-refractivity contribution in [2.45, 2.75) is 6.18 Å². The predicted octanol–water partition coefficient (Wildman–Crippen LogP) is 2.37. The van der Waals surface area contributed by atoms with Gasteiger partial charge in [0.1, 0.15) is 0 Å². The van der Waals surface area contributed by atoms with Gasteiger partial charge in [0.2, 0.25) is 0 Å². The predicted molar refractivity (Wildman–Crippen MR) is 79.0 cm³/mol. The van der Waals surface area contributed by atoms with Crippen LogP contribution in [0.15, 0.2) is 24.3 Å². The third kappa shape index (κ3) is 6.29. The molecule has 0 unspecified atom stereocenters. The number of carbonyl (C=O) groups is 3. The van der Waals surface area contributed by atoms with Gasteiger partial charge in [0, 0.05) is 18.1 Å². The van der Waals surface area contributed by atoms with Gasteiger partial charge in [-0.3, -0.25) is 10.1 Å². The highest BCUT2D eigenvalue weighted by atomic mass is 35.5. The van der Waals surface area contributed by atoms with E-state index in [2.05, 4.69) is 10.1 Å². The summed E-state index contributed by atoms with van der Waals surface area (Å²) in [6.07, 6.45) is -2.71. The lowest BCUT2D eigenvalue weighted by Crippen LogP contribution is -2.39. The van der Waals surface area contributed by atoms with Gasteiger partial charge in [-0.05, 0) is 29.8 Å². The fourth-order valence-electron chi connectivity index (χ4n) is 1.42. The average Bonchev–Trinajstić information content (AvgIpc) is 2.50. The van der Waals surface area contributed by atoms with Crippen molar-refractivity contribution < 1.29 is 32.3 Å². The Kier molecular flexibility index (Phi) is 6.78. The lowest BCUT2D eigenvalue weighted by molar-refractivity contribution is -0.143. The number of benzene rings is 1. The van der Waals surface area contributed by atoms with Crippen LogP contribution in [0.3, 0.4) is 0 Å². The first-order chi connectivity index (χ1) is 11.1. The molecule has 0 atom stereocenters. The first-order valence-corrected chi connectivity index (χ1v) is 6.74. The van der Waals surface area contributed by atoms with E-state index in [1.165, 1.54) is 7.05 Å². The van der Waals surface area contributed by atoms with Crippen molar-refractivity contribution in [2.75, 3.05) is 13.7 Å². The van der Waals surface area contributed by atoms with E-state index in [0.717, 1.165) is 30.4 Å². The summed E-state index contributed by atoms with van der Waals surface area (Å²) >= 11 is 5.75. The minimum absolute atomic E-state index is 0.00408. The zero-order chi connectivity index (χ0) is 18.3. The number of rotatable bonds is 4. The Labute approximate surface area is 139 Å². The fraction of sp³-hybridized carbons (Fsp3) is 0.214. The van der Waals surface area contributed by atoms with Crippen LogP contribution >= 0.6 is 11.6 Å². The highest BCUT2D eigenvalue weighted by molar-refractivity contribution is 6.32. The minimum atomic E-state index is -4.55. The number of urea groups is 1. The maximum atomic E-state index is 12.6. The number of carbonyl (C=O) groups excluding carboxylic acids is 3. The maximum Gasteiger partial charge on any atom is 0.416 e. The molecule has 3 amide bonds. The molecule has 0 saturated heterocycles. The molecule has 6 nitrogen and oxygen atoms in total. The van der Waals surface area contributed by atoms with Gasteiger partial charge in [-0.25, -0.2) is 9.59 Å².